The van der Waals surface area contributed by atoms with Gasteiger partial charge in [-0.25, -0.2) is 0 Å². The normalized spacial score (nSPS) is 18.6. The summed E-state index contributed by atoms with van der Waals surface area (Å²) in [5, 5.41) is 11.2. The zero-order valence-corrected chi connectivity index (χ0v) is 16.8. The highest BCUT2D eigenvalue weighted by atomic mass is 16.4. The Labute approximate surface area is 162 Å². The Morgan fingerprint density at radius 3 is 2.70 bits per heavy atom. The van der Waals surface area contributed by atoms with Gasteiger partial charge in [-0.15, -0.1) is 10.2 Å². The number of benzene rings is 1. The van der Waals surface area contributed by atoms with Crippen molar-refractivity contribution >= 4 is 5.91 Å². The molecule has 1 heterocycles. The summed E-state index contributed by atoms with van der Waals surface area (Å²) in [6, 6.07) is 7.37. The van der Waals surface area contributed by atoms with E-state index in [0.717, 1.165) is 37.8 Å². The summed E-state index contributed by atoms with van der Waals surface area (Å²) < 4.78 is 5.69. The first kappa shape index (κ1) is 19.6. The highest BCUT2D eigenvalue weighted by Gasteiger charge is 2.33. The molecule has 1 unspecified atom stereocenters. The molecule has 1 aliphatic rings. The standard InChI is InChI=1S/C22H31N3O2/c1-4-5-8-19-24-25-21(27-19)17-11-9-16(10-12-17)20(26)23-15-13-18-7-6-14-22(18,2)3/h9-12,18H,4-8,13-15H2,1-3H3,(H,23,26). The van der Waals surface area contributed by atoms with E-state index in [9.17, 15) is 4.79 Å². The lowest BCUT2D eigenvalue weighted by atomic mass is 9.80. The van der Waals surface area contributed by atoms with Gasteiger partial charge in [-0.1, -0.05) is 33.6 Å². The van der Waals surface area contributed by atoms with E-state index in [-0.39, 0.29) is 5.91 Å². The number of carbonyl (C=O) groups excluding carboxylic acids is 1. The summed E-state index contributed by atoms with van der Waals surface area (Å²) in [6.07, 6.45) is 7.88. The van der Waals surface area contributed by atoms with Gasteiger partial charge < -0.3 is 9.73 Å². The number of carbonyl (C=O) groups is 1. The maximum atomic E-state index is 12.4. The van der Waals surface area contributed by atoms with Crippen molar-refractivity contribution in [2.24, 2.45) is 11.3 Å². The molecule has 0 aliphatic heterocycles. The Balaban J connectivity index is 1.52. The maximum absolute atomic E-state index is 12.4. The minimum absolute atomic E-state index is 0.0217. The van der Waals surface area contributed by atoms with E-state index >= 15 is 0 Å². The third kappa shape index (κ3) is 4.96. The van der Waals surface area contributed by atoms with Crippen molar-refractivity contribution in [3.8, 4) is 11.5 Å². The van der Waals surface area contributed by atoms with Crippen LogP contribution in [0, 0.1) is 11.3 Å². The van der Waals surface area contributed by atoms with Crippen LogP contribution in [0.25, 0.3) is 11.5 Å². The first-order valence-electron chi connectivity index (χ1n) is 10.2. The molecule has 1 saturated carbocycles. The number of amides is 1. The number of unbranched alkanes of at least 4 members (excludes halogenated alkanes) is 1. The fraction of sp³-hybridized carbons (Fsp3) is 0.591. The average molecular weight is 370 g/mol. The van der Waals surface area contributed by atoms with E-state index in [1.54, 1.807) is 0 Å². The van der Waals surface area contributed by atoms with Crippen molar-refractivity contribution in [1.82, 2.24) is 15.5 Å². The Morgan fingerprint density at radius 2 is 2.04 bits per heavy atom. The lowest BCUT2D eigenvalue weighted by molar-refractivity contribution is 0.0947. The SMILES string of the molecule is CCCCc1nnc(-c2ccc(C(=O)NCCC3CCCC3(C)C)cc2)o1. The van der Waals surface area contributed by atoms with E-state index in [1.165, 1.54) is 19.3 Å². The zero-order valence-electron chi connectivity index (χ0n) is 16.8. The molecule has 1 aliphatic carbocycles. The van der Waals surface area contributed by atoms with Crippen LogP contribution in [0.1, 0.15) is 75.5 Å². The van der Waals surface area contributed by atoms with Gasteiger partial charge in [0.1, 0.15) is 0 Å². The molecule has 146 valence electrons. The molecule has 1 aromatic heterocycles. The predicted octanol–water partition coefficient (Wildman–Crippen LogP) is 5.03. The van der Waals surface area contributed by atoms with Crippen molar-refractivity contribution in [3.63, 3.8) is 0 Å². The molecule has 3 rings (SSSR count). The van der Waals surface area contributed by atoms with Crippen molar-refractivity contribution in [1.29, 1.82) is 0 Å². The number of nitrogens with zero attached hydrogens (tertiary/aromatic N) is 2. The fourth-order valence-electron chi connectivity index (χ4n) is 3.96. The van der Waals surface area contributed by atoms with Crippen molar-refractivity contribution < 1.29 is 9.21 Å². The van der Waals surface area contributed by atoms with E-state index in [0.29, 0.717) is 28.7 Å². The Kier molecular flexibility index (Phi) is 6.30. The molecule has 0 spiro atoms. The van der Waals surface area contributed by atoms with Gasteiger partial charge in [0.25, 0.3) is 5.91 Å². The topological polar surface area (TPSA) is 68.0 Å². The maximum Gasteiger partial charge on any atom is 0.251 e. The lowest BCUT2D eigenvalue weighted by Crippen LogP contribution is -2.28. The molecule has 1 atom stereocenters. The molecule has 1 aromatic carbocycles. The molecule has 1 N–H and O–H groups in total. The third-order valence-electron chi connectivity index (χ3n) is 5.86. The molecule has 0 saturated heterocycles. The van der Waals surface area contributed by atoms with Crippen LogP contribution in [0.5, 0.6) is 0 Å². The van der Waals surface area contributed by atoms with Gasteiger partial charge in [-0.3, -0.25) is 4.79 Å². The van der Waals surface area contributed by atoms with Crippen LogP contribution in [0.4, 0.5) is 0 Å². The molecule has 1 amide bonds. The van der Waals surface area contributed by atoms with Crippen LogP contribution >= 0.6 is 0 Å². The quantitative estimate of drug-likeness (QED) is 0.709. The molecule has 0 radical (unpaired) electrons. The summed E-state index contributed by atoms with van der Waals surface area (Å²) in [6.45, 7) is 7.56. The molecule has 2 aromatic rings. The van der Waals surface area contributed by atoms with Crippen molar-refractivity contribution in [3.05, 3.63) is 35.7 Å². The van der Waals surface area contributed by atoms with Crippen molar-refractivity contribution in [2.45, 2.75) is 65.7 Å². The highest BCUT2D eigenvalue weighted by Crippen LogP contribution is 2.44. The number of hydrogen-bond acceptors (Lipinski definition) is 4. The largest absolute Gasteiger partial charge is 0.421 e. The Bertz CT molecular complexity index is 749. The van der Waals surface area contributed by atoms with Crippen LogP contribution in [0.2, 0.25) is 0 Å². The smallest absolute Gasteiger partial charge is 0.251 e. The van der Waals surface area contributed by atoms with Crippen LogP contribution in [-0.4, -0.2) is 22.6 Å². The second kappa shape index (κ2) is 8.68. The number of nitrogens with one attached hydrogen (secondary N) is 1. The summed E-state index contributed by atoms with van der Waals surface area (Å²) in [4.78, 5) is 12.4. The van der Waals surface area contributed by atoms with Crippen molar-refractivity contribution in [2.75, 3.05) is 6.54 Å². The molecular weight excluding hydrogens is 338 g/mol. The van der Waals surface area contributed by atoms with Crippen LogP contribution < -0.4 is 5.32 Å². The monoisotopic (exact) mass is 369 g/mol. The number of hydrogen-bond donors (Lipinski definition) is 1. The number of rotatable bonds is 8. The first-order chi connectivity index (χ1) is 13.0. The summed E-state index contributed by atoms with van der Waals surface area (Å²) in [5.74, 6) is 1.87. The zero-order chi connectivity index (χ0) is 19.3. The van der Waals surface area contributed by atoms with E-state index in [1.807, 2.05) is 24.3 Å². The van der Waals surface area contributed by atoms with E-state index in [2.05, 4.69) is 36.3 Å². The Morgan fingerprint density at radius 1 is 1.26 bits per heavy atom. The minimum atomic E-state index is -0.0217. The van der Waals surface area contributed by atoms with Crippen LogP contribution in [-0.2, 0) is 6.42 Å². The summed E-state index contributed by atoms with van der Waals surface area (Å²) in [7, 11) is 0. The van der Waals surface area contributed by atoms with E-state index in [4.69, 9.17) is 4.42 Å². The molecule has 5 nitrogen and oxygen atoms in total. The molecule has 0 bridgehead atoms. The van der Waals surface area contributed by atoms with Gasteiger partial charge in [0.15, 0.2) is 0 Å². The highest BCUT2D eigenvalue weighted by molar-refractivity contribution is 5.94. The summed E-state index contributed by atoms with van der Waals surface area (Å²) in [5.41, 5.74) is 1.91. The van der Waals surface area contributed by atoms with Crippen LogP contribution in [0.3, 0.4) is 0 Å². The van der Waals surface area contributed by atoms with Gasteiger partial charge >= 0.3 is 0 Å². The van der Waals surface area contributed by atoms with Crippen LogP contribution in [0.15, 0.2) is 28.7 Å². The summed E-state index contributed by atoms with van der Waals surface area (Å²) >= 11 is 0. The van der Waals surface area contributed by atoms with Gasteiger partial charge in [0.05, 0.1) is 0 Å². The second-order valence-electron chi connectivity index (χ2n) is 8.30. The number of aromatic nitrogens is 2. The first-order valence-corrected chi connectivity index (χ1v) is 10.2. The minimum Gasteiger partial charge on any atom is -0.421 e. The van der Waals surface area contributed by atoms with Gasteiger partial charge in [-0.05, 0) is 61.3 Å². The van der Waals surface area contributed by atoms with Gasteiger partial charge in [0.2, 0.25) is 11.8 Å². The van der Waals surface area contributed by atoms with Gasteiger partial charge in [-0.2, -0.15) is 0 Å². The molecule has 27 heavy (non-hydrogen) atoms. The second-order valence-corrected chi connectivity index (χ2v) is 8.30. The average Bonchev–Trinajstić information content (AvgIpc) is 3.26. The van der Waals surface area contributed by atoms with Gasteiger partial charge in [0, 0.05) is 24.1 Å². The van der Waals surface area contributed by atoms with E-state index < -0.39 is 0 Å². The molecule has 1 fully saturated rings. The Hall–Kier alpha value is -2.17. The third-order valence-corrected chi connectivity index (χ3v) is 5.86. The number of aryl methyl sites for hydroxylation is 1. The molecular formula is C22H31N3O2. The fourth-order valence-corrected chi connectivity index (χ4v) is 3.96. The molecule has 5 heteroatoms. The lowest BCUT2D eigenvalue weighted by Gasteiger charge is -2.26. The predicted molar refractivity (Wildman–Crippen MR) is 106 cm³/mol.